The highest BCUT2D eigenvalue weighted by Crippen LogP contribution is 2.29. The van der Waals surface area contributed by atoms with Crippen molar-refractivity contribution in [1.29, 1.82) is 0 Å². The molecule has 6 heteroatoms. The van der Waals surface area contributed by atoms with Crippen molar-refractivity contribution in [3.05, 3.63) is 62.9 Å². The predicted molar refractivity (Wildman–Crippen MR) is 109 cm³/mol. The second kappa shape index (κ2) is 7.04. The van der Waals surface area contributed by atoms with Crippen LogP contribution in [0.5, 0.6) is 11.5 Å². The van der Waals surface area contributed by atoms with Gasteiger partial charge in [0.2, 0.25) is 0 Å². The Morgan fingerprint density at radius 2 is 2.04 bits per heavy atom. The number of hydrogen-bond donors (Lipinski definition) is 0. The molecule has 1 unspecified atom stereocenters. The van der Waals surface area contributed by atoms with Crippen LogP contribution >= 0.6 is 11.3 Å². The van der Waals surface area contributed by atoms with Crippen molar-refractivity contribution >= 4 is 33.4 Å². The van der Waals surface area contributed by atoms with Crippen LogP contribution in [0.1, 0.15) is 25.8 Å². The summed E-state index contributed by atoms with van der Waals surface area (Å²) in [6.45, 7) is 4.10. The van der Waals surface area contributed by atoms with E-state index in [4.69, 9.17) is 9.47 Å². The fourth-order valence-corrected chi connectivity index (χ4v) is 3.92. The smallest absolute Gasteiger partial charge is 0.274 e. The second-order valence-electron chi connectivity index (χ2n) is 6.38. The molecule has 4 aromatic rings. The molecule has 0 spiro atoms. The maximum absolute atomic E-state index is 12.9. The number of benzene rings is 2. The lowest BCUT2D eigenvalue weighted by atomic mass is 10.2. The van der Waals surface area contributed by atoms with Gasteiger partial charge in [-0.05, 0) is 49.2 Å². The summed E-state index contributed by atoms with van der Waals surface area (Å²) in [5.74, 6) is 1.36. The second-order valence-corrected chi connectivity index (χ2v) is 7.39. The summed E-state index contributed by atoms with van der Waals surface area (Å²) in [5.41, 5.74) is 2.50. The Kier molecular flexibility index (Phi) is 4.58. The minimum absolute atomic E-state index is 0.0531. The summed E-state index contributed by atoms with van der Waals surface area (Å²) < 4.78 is 13.7. The van der Waals surface area contributed by atoms with Crippen molar-refractivity contribution in [2.45, 2.75) is 26.4 Å². The lowest BCUT2D eigenvalue weighted by Gasteiger charge is -2.15. The number of para-hydroxylation sites is 2. The normalized spacial score (nSPS) is 13.4. The first kappa shape index (κ1) is 17.5. The van der Waals surface area contributed by atoms with Gasteiger partial charge < -0.3 is 9.47 Å². The van der Waals surface area contributed by atoms with E-state index in [0.717, 1.165) is 23.0 Å². The molecule has 0 N–H and O–H groups in total. The fraction of sp³-hybridized carbons (Fsp3) is 0.238. The number of imidazole rings is 1. The van der Waals surface area contributed by atoms with Gasteiger partial charge in [0.05, 0.1) is 28.8 Å². The maximum Gasteiger partial charge on any atom is 0.274 e. The van der Waals surface area contributed by atoms with Gasteiger partial charge in [-0.2, -0.15) is 0 Å². The van der Waals surface area contributed by atoms with Gasteiger partial charge in [0.1, 0.15) is 0 Å². The van der Waals surface area contributed by atoms with Gasteiger partial charge in [0, 0.05) is 0 Å². The van der Waals surface area contributed by atoms with Gasteiger partial charge in [-0.15, -0.1) is 0 Å². The zero-order chi connectivity index (χ0) is 19.0. The van der Waals surface area contributed by atoms with Crippen molar-refractivity contribution in [3.63, 3.8) is 0 Å². The molecule has 1 atom stereocenters. The van der Waals surface area contributed by atoms with E-state index < -0.39 is 0 Å². The molecule has 4 rings (SSSR count). The summed E-state index contributed by atoms with van der Waals surface area (Å²) in [7, 11) is 1.62. The Hall–Kier alpha value is -2.86. The van der Waals surface area contributed by atoms with Crippen molar-refractivity contribution in [3.8, 4) is 11.5 Å². The number of rotatable bonds is 5. The monoisotopic (exact) mass is 380 g/mol. The molecule has 0 bridgehead atoms. The van der Waals surface area contributed by atoms with Crippen LogP contribution < -0.4 is 19.6 Å². The molecule has 0 saturated heterocycles. The van der Waals surface area contributed by atoms with Crippen molar-refractivity contribution in [2.24, 2.45) is 0 Å². The highest BCUT2D eigenvalue weighted by molar-refractivity contribution is 7.15. The van der Waals surface area contributed by atoms with E-state index in [-0.39, 0.29) is 11.7 Å². The van der Waals surface area contributed by atoms with Gasteiger partial charge in [0.15, 0.2) is 16.5 Å². The van der Waals surface area contributed by atoms with Gasteiger partial charge in [-0.25, -0.2) is 9.38 Å². The predicted octanol–water partition coefficient (Wildman–Crippen LogP) is 3.64. The van der Waals surface area contributed by atoms with Crippen LogP contribution in [-0.2, 0) is 0 Å². The van der Waals surface area contributed by atoms with E-state index in [1.807, 2.05) is 55.5 Å². The molecule has 27 heavy (non-hydrogen) atoms. The molecule has 0 fully saturated rings. The molecular weight excluding hydrogens is 360 g/mol. The average molecular weight is 380 g/mol. The summed E-state index contributed by atoms with van der Waals surface area (Å²) in [4.78, 5) is 18.1. The van der Waals surface area contributed by atoms with Crippen LogP contribution in [0.15, 0.2) is 47.3 Å². The number of thiazole rings is 1. The number of nitrogens with zero attached hydrogens (tertiary/aromatic N) is 2. The molecule has 5 nitrogen and oxygen atoms in total. The topological polar surface area (TPSA) is 52.8 Å². The first-order valence-corrected chi connectivity index (χ1v) is 9.68. The molecular formula is C21H20N2O3S. The van der Waals surface area contributed by atoms with Crippen LogP contribution in [0.2, 0.25) is 0 Å². The third kappa shape index (κ3) is 3.17. The highest BCUT2D eigenvalue weighted by Gasteiger charge is 2.12. The molecule has 2 heterocycles. The lowest BCUT2D eigenvalue weighted by Crippen LogP contribution is -2.22. The van der Waals surface area contributed by atoms with Gasteiger partial charge in [0.25, 0.3) is 5.56 Å². The van der Waals surface area contributed by atoms with E-state index in [0.29, 0.717) is 21.0 Å². The van der Waals surface area contributed by atoms with Crippen molar-refractivity contribution in [2.75, 3.05) is 7.11 Å². The zero-order valence-electron chi connectivity index (χ0n) is 15.4. The standard InChI is InChI=1S/C21H20N2O3S/c1-4-13(2)26-17-10-9-14(11-18(17)25-3)12-19-20(24)23-16-8-6-5-7-15(16)22-21(23)27-19/h5-13H,4H2,1-3H3/b19-12+. The molecule has 2 aromatic carbocycles. The molecule has 0 radical (unpaired) electrons. The minimum atomic E-state index is -0.0531. The summed E-state index contributed by atoms with van der Waals surface area (Å²) in [6.07, 6.45) is 2.89. The number of ether oxygens (including phenoxy) is 2. The lowest BCUT2D eigenvalue weighted by molar-refractivity contribution is 0.207. The average Bonchev–Trinajstić information content (AvgIpc) is 3.19. The summed E-state index contributed by atoms with van der Waals surface area (Å²) in [5, 5.41) is 0. The molecule has 0 aliphatic rings. The van der Waals surface area contributed by atoms with Crippen LogP contribution in [0, 0.1) is 0 Å². The third-order valence-electron chi connectivity index (χ3n) is 4.53. The fourth-order valence-electron chi connectivity index (χ4n) is 2.93. The highest BCUT2D eigenvalue weighted by atomic mass is 32.1. The van der Waals surface area contributed by atoms with E-state index in [1.165, 1.54) is 11.3 Å². The third-order valence-corrected chi connectivity index (χ3v) is 5.50. The Labute approximate surface area is 160 Å². The summed E-state index contributed by atoms with van der Waals surface area (Å²) >= 11 is 1.39. The van der Waals surface area contributed by atoms with E-state index >= 15 is 0 Å². The SMILES string of the molecule is CCC(C)Oc1ccc(/C=c2/sc3nc4ccccc4n3c2=O)cc1OC. The number of fused-ring (bicyclic) bond motifs is 3. The zero-order valence-corrected chi connectivity index (χ0v) is 16.2. The van der Waals surface area contributed by atoms with Gasteiger partial charge in [-0.3, -0.25) is 4.79 Å². The van der Waals surface area contributed by atoms with E-state index in [2.05, 4.69) is 11.9 Å². The Morgan fingerprint density at radius 3 is 2.81 bits per heavy atom. The van der Waals surface area contributed by atoms with Gasteiger partial charge in [-0.1, -0.05) is 36.5 Å². The molecule has 0 aliphatic heterocycles. The van der Waals surface area contributed by atoms with Crippen LogP contribution in [0.3, 0.4) is 0 Å². The Balaban J connectivity index is 1.79. The molecule has 0 amide bonds. The molecule has 0 aliphatic carbocycles. The first-order valence-electron chi connectivity index (χ1n) is 8.87. The quantitative estimate of drug-likeness (QED) is 0.530. The van der Waals surface area contributed by atoms with Crippen molar-refractivity contribution < 1.29 is 9.47 Å². The summed E-state index contributed by atoms with van der Waals surface area (Å²) in [6, 6.07) is 13.4. The number of aromatic nitrogens is 2. The van der Waals surface area contributed by atoms with Crippen LogP contribution in [0.4, 0.5) is 0 Å². The first-order chi connectivity index (χ1) is 13.1. The van der Waals surface area contributed by atoms with E-state index in [9.17, 15) is 4.79 Å². The molecule has 138 valence electrons. The largest absolute Gasteiger partial charge is 0.493 e. The van der Waals surface area contributed by atoms with E-state index in [1.54, 1.807) is 11.5 Å². The van der Waals surface area contributed by atoms with Gasteiger partial charge >= 0.3 is 0 Å². The molecule has 0 saturated carbocycles. The molecule has 2 aromatic heterocycles. The number of hydrogen-bond acceptors (Lipinski definition) is 5. The maximum atomic E-state index is 12.9. The van der Waals surface area contributed by atoms with Crippen molar-refractivity contribution in [1.82, 2.24) is 9.38 Å². The minimum Gasteiger partial charge on any atom is -0.493 e. The van der Waals surface area contributed by atoms with Crippen LogP contribution in [0.25, 0.3) is 22.1 Å². The number of methoxy groups -OCH3 is 1. The Morgan fingerprint density at radius 1 is 1.22 bits per heavy atom. The van der Waals surface area contributed by atoms with Crippen LogP contribution in [-0.4, -0.2) is 22.6 Å². The Bertz CT molecular complexity index is 1230.